The third-order valence-electron chi connectivity index (χ3n) is 2.27. The molecule has 1 N–H and O–H groups in total. The molecule has 112 valence electrons. The molecule has 4 nitrogen and oxygen atoms in total. The van der Waals surface area contributed by atoms with Crippen molar-refractivity contribution in [3.05, 3.63) is 35.4 Å². The number of hydrogen-bond acceptors (Lipinski definition) is 3. The molecular weight excluding hydrogens is 278 g/mol. The zero-order chi connectivity index (χ0) is 16.0. The third-order valence-corrected chi connectivity index (χ3v) is 2.27. The van der Waals surface area contributed by atoms with Gasteiger partial charge in [-0.1, -0.05) is 12.1 Å². The van der Waals surface area contributed by atoms with Crippen molar-refractivity contribution < 1.29 is 18.3 Å². The number of nitrogens with one attached hydrogen (secondary N) is 1. The molecule has 0 aliphatic rings. The molecule has 1 amide bonds. The molecule has 1 rings (SSSR count). The fourth-order valence-electron chi connectivity index (χ4n) is 1.47. The second-order valence-electron chi connectivity index (χ2n) is 5.32. The molecule has 0 radical (unpaired) electrons. The fraction of sp³-hybridized carbons (Fsp3) is 0.333. The SMILES string of the molecule is CC(C)(C)NC(=O)C(C#N)=Cc1ccc(OC(F)F)cc1. The highest BCUT2D eigenvalue weighted by molar-refractivity contribution is 6.02. The highest BCUT2D eigenvalue weighted by atomic mass is 19.3. The van der Waals surface area contributed by atoms with Crippen LogP contribution in [-0.4, -0.2) is 18.1 Å². The molecule has 0 saturated carbocycles. The largest absolute Gasteiger partial charge is 0.435 e. The lowest BCUT2D eigenvalue weighted by Crippen LogP contribution is -2.41. The molecule has 0 spiro atoms. The Hall–Kier alpha value is -2.42. The average Bonchev–Trinajstić information content (AvgIpc) is 2.35. The lowest BCUT2D eigenvalue weighted by molar-refractivity contribution is -0.118. The zero-order valence-electron chi connectivity index (χ0n) is 12.0. The quantitative estimate of drug-likeness (QED) is 0.685. The van der Waals surface area contributed by atoms with Crippen LogP contribution in [0, 0.1) is 11.3 Å². The molecule has 0 aliphatic heterocycles. The molecule has 1 aromatic rings. The number of carbonyl (C=O) groups is 1. The smallest absolute Gasteiger partial charge is 0.387 e. The summed E-state index contributed by atoms with van der Waals surface area (Å²) >= 11 is 0. The summed E-state index contributed by atoms with van der Waals surface area (Å²) in [7, 11) is 0. The van der Waals surface area contributed by atoms with Crippen molar-refractivity contribution >= 4 is 12.0 Å². The van der Waals surface area contributed by atoms with Gasteiger partial charge in [-0.25, -0.2) is 0 Å². The molecule has 0 aromatic heterocycles. The van der Waals surface area contributed by atoms with Crippen molar-refractivity contribution in [1.29, 1.82) is 5.26 Å². The maximum Gasteiger partial charge on any atom is 0.387 e. The van der Waals surface area contributed by atoms with Gasteiger partial charge in [0.2, 0.25) is 0 Å². The van der Waals surface area contributed by atoms with Crippen molar-refractivity contribution in [2.24, 2.45) is 0 Å². The average molecular weight is 294 g/mol. The Morgan fingerprint density at radius 3 is 2.33 bits per heavy atom. The van der Waals surface area contributed by atoms with Crippen molar-refractivity contribution in [3.8, 4) is 11.8 Å². The summed E-state index contributed by atoms with van der Waals surface area (Å²) in [5.74, 6) is -0.474. The maximum atomic E-state index is 12.0. The van der Waals surface area contributed by atoms with Crippen LogP contribution in [0.5, 0.6) is 5.75 Å². The topological polar surface area (TPSA) is 62.1 Å². The Morgan fingerprint density at radius 2 is 1.90 bits per heavy atom. The van der Waals surface area contributed by atoms with Crippen molar-refractivity contribution in [2.75, 3.05) is 0 Å². The van der Waals surface area contributed by atoms with Crippen LogP contribution in [0.1, 0.15) is 26.3 Å². The highest BCUT2D eigenvalue weighted by Crippen LogP contribution is 2.17. The molecule has 6 heteroatoms. The number of alkyl halides is 2. The summed E-state index contributed by atoms with van der Waals surface area (Å²) in [4.78, 5) is 11.9. The van der Waals surface area contributed by atoms with E-state index in [0.717, 1.165) is 0 Å². The number of rotatable bonds is 4. The van der Waals surface area contributed by atoms with E-state index < -0.39 is 18.1 Å². The van der Waals surface area contributed by atoms with Gasteiger partial charge in [-0.2, -0.15) is 14.0 Å². The lowest BCUT2D eigenvalue weighted by Gasteiger charge is -2.20. The Bertz CT molecular complexity index is 567. The van der Waals surface area contributed by atoms with Gasteiger partial charge < -0.3 is 10.1 Å². The van der Waals surface area contributed by atoms with Crippen LogP contribution in [0.3, 0.4) is 0 Å². The van der Waals surface area contributed by atoms with Crippen molar-refractivity contribution in [3.63, 3.8) is 0 Å². The first-order chi connectivity index (χ1) is 9.71. The van der Waals surface area contributed by atoms with E-state index >= 15 is 0 Å². The Kier molecular flexibility index (Phi) is 5.42. The van der Waals surface area contributed by atoms with E-state index in [4.69, 9.17) is 5.26 Å². The Balaban J connectivity index is 2.89. The highest BCUT2D eigenvalue weighted by Gasteiger charge is 2.17. The zero-order valence-corrected chi connectivity index (χ0v) is 12.0. The van der Waals surface area contributed by atoms with Crippen LogP contribution in [0.15, 0.2) is 29.8 Å². The predicted molar refractivity (Wildman–Crippen MR) is 74.6 cm³/mol. The maximum absolute atomic E-state index is 12.0. The van der Waals surface area contributed by atoms with Crippen LogP contribution in [0.2, 0.25) is 0 Å². The van der Waals surface area contributed by atoms with E-state index in [2.05, 4.69) is 10.1 Å². The van der Waals surface area contributed by atoms with Gasteiger partial charge in [-0.05, 0) is 44.5 Å². The van der Waals surface area contributed by atoms with Gasteiger partial charge >= 0.3 is 6.61 Å². The second-order valence-corrected chi connectivity index (χ2v) is 5.32. The standard InChI is InChI=1S/C15H16F2N2O2/c1-15(2,3)19-13(20)11(9-18)8-10-4-6-12(7-5-10)21-14(16)17/h4-8,14H,1-3H3,(H,19,20). The Morgan fingerprint density at radius 1 is 1.33 bits per heavy atom. The fourth-order valence-corrected chi connectivity index (χ4v) is 1.47. The molecule has 0 atom stereocenters. The monoisotopic (exact) mass is 294 g/mol. The minimum atomic E-state index is -2.89. The molecule has 0 aliphatic carbocycles. The molecule has 21 heavy (non-hydrogen) atoms. The summed E-state index contributed by atoms with van der Waals surface area (Å²) in [5.41, 5.74) is 0.0202. The van der Waals surface area contributed by atoms with Crippen LogP contribution >= 0.6 is 0 Å². The summed E-state index contributed by atoms with van der Waals surface area (Å²) in [5, 5.41) is 11.7. The van der Waals surface area contributed by atoms with Gasteiger partial charge in [0.05, 0.1) is 0 Å². The normalized spacial score (nSPS) is 12.0. The predicted octanol–water partition coefficient (Wildman–Crippen LogP) is 3.11. The van der Waals surface area contributed by atoms with Gasteiger partial charge in [-0.3, -0.25) is 4.79 Å². The summed E-state index contributed by atoms with van der Waals surface area (Å²) in [6, 6.07) is 7.47. The van der Waals surface area contributed by atoms with E-state index in [9.17, 15) is 13.6 Å². The number of halogens is 2. The Labute approximate surface area is 122 Å². The first-order valence-corrected chi connectivity index (χ1v) is 6.20. The van der Waals surface area contributed by atoms with Crippen LogP contribution < -0.4 is 10.1 Å². The number of nitriles is 1. The van der Waals surface area contributed by atoms with E-state index in [1.807, 2.05) is 6.07 Å². The van der Waals surface area contributed by atoms with Crippen molar-refractivity contribution in [1.82, 2.24) is 5.32 Å². The number of hydrogen-bond donors (Lipinski definition) is 1. The van der Waals surface area contributed by atoms with Gasteiger partial charge in [0.25, 0.3) is 5.91 Å². The van der Waals surface area contributed by atoms with Crippen LogP contribution in [0.25, 0.3) is 6.08 Å². The number of carbonyl (C=O) groups excluding carboxylic acids is 1. The van der Waals surface area contributed by atoms with E-state index in [1.165, 1.54) is 30.3 Å². The first-order valence-electron chi connectivity index (χ1n) is 6.20. The molecule has 0 bridgehead atoms. The number of amides is 1. The third kappa shape index (κ3) is 6.04. The van der Waals surface area contributed by atoms with Gasteiger partial charge in [0.1, 0.15) is 17.4 Å². The second kappa shape index (κ2) is 6.84. The molecule has 0 saturated heterocycles. The van der Waals surface area contributed by atoms with Gasteiger partial charge in [0, 0.05) is 5.54 Å². The minimum absolute atomic E-state index is 0.0137. The number of benzene rings is 1. The molecule has 1 aromatic carbocycles. The lowest BCUT2D eigenvalue weighted by atomic mass is 10.1. The molecule has 0 heterocycles. The first kappa shape index (κ1) is 16.6. The summed E-state index contributed by atoms with van der Waals surface area (Å²) < 4.78 is 28.3. The van der Waals surface area contributed by atoms with E-state index in [-0.39, 0.29) is 11.3 Å². The van der Waals surface area contributed by atoms with Gasteiger partial charge in [-0.15, -0.1) is 0 Å². The summed E-state index contributed by atoms with van der Waals surface area (Å²) in [6.45, 7) is 2.52. The molecular formula is C15H16F2N2O2. The summed E-state index contributed by atoms with van der Waals surface area (Å²) in [6.07, 6.45) is 1.38. The minimum Gasteiger partial charge on any atom is -0.435 e. The van der Waals surface area contributed by atoms with E-state index in [0.29, 0.717) is 5.56 Å². The van der Waals surface area contributed by atoms with Crippen LogP contribution in [-0.2, 0) is 4.79 Å². The van der Waals surface area contributed by atoms with Gasteiger partial charge in [0.15, 0.2) is 0 Å². The van der Waals surface area contributed by atoms with Crippen molar-refractivity contribution in [2.45, 2.75) is 32.9 Å². The molecule has 0 unspecified atom stereocenters. The number of ether oxygens (including phenoxy) is 1. The molecule has 0 fully saturated rings. The van der Waals surface area contributed by atoms with Crippen LogP contribution in [0.4, 0.5) is 8.78 Å². The number of nitrogens with zero attached hydrogens (tertiary/aromatic N) is 1. The van der Waals surface area contributed by atoms with E-state index in [1.54, 1.807) is 20.8 Å².